The number of hydrogen-bond acceptors (Lipinski definition) is 4. The average Bonchev–Trinajstić information content (AvgIpc) is 2.97. The summed E-state index contributed by atoms with van der Waals surface area (Å²) in [5.74, 6) is 0. The highest BCUT2D eigenvalue weighted by molar-refractivity contribution is 7.89. The highest BCUT2D eigenvalue weighted by Gasteiger charge is 2.20. The van der Waals surface area contributed by atoms with Crippen LogP contribution in [0.4, 0.5) is 5.69 Å². The molecule has 0 fully saturated rings. The lowest BCUT2D eigenvalue weighted by Gasteiger charge is -2.14. The molecule has 0 aliphatic carbocycles. The third kappa shape index (κ3) is 3.43. The Hall–Kier alpha value is -1.86. The lowest BCUT2D eigenvalue weighted by Crippen LogP contribution is -2.25. The Morgan fingerprint density at radius 1 is 1.29 bits per heavy atom. The Labute approximate surface area is 124 Å². The van der Waals surface area contributed by atoms with Gasteiger partial charge in [0.25, 0.3) is 0 Å². The molecule has 0 saturated heterocycles. The molecule has 21 heavy (non-hydrogen) atoms. The molecule has 0 aliphatic rings. The van der Waals surface area contributed by atoms with E-state index in [1.165, 1.54) is 0 Å². The van der Waals surface area contributed by atoms with E-state index in [2.05, 4.69) is 14.9 Å². The largest absolute Gasteiger partial charge is 0.398 e. The Morgan fingerprint density at radius 3 is 2.62 bits per heavy atom. The molecule has 0 unspecified atom stereocenters. The van der Waals surface area contributed by atoms with Crippen LogP contribution in [0.25, 0.3) is 0 Å². The van der Waals surface area contributed by atoms with Crippen LogP contribution in [-0.4, -0.2) is 18.6 Å². The normalized spacial score (nSPS) is 11.7. The molecule has 7 heteroatoms. The van der Waals surface area contributed by atoms with Crippen molar-refractivity contribution in [2.45, 2.75) is 38.1 Å². The number of sulfonamides is 1. The fourth-order valence-electron chi connectivity index (χ4n) is 2.18. The standard InChI is InChI=1S/C14H20N4O2S/c1-3-10-7-13(15)12(4-2)14(8-10)21(19,20)17-9-11-5-6-16-18-11/h5-8,17H,3-4,9,15H2,1-2H3,(H,16,18). The van der Waals surface area contributed by atoms with Crippen LogP contribution in [0.1, 0.15) is 30.7 Å². The average molecular weight is 308 g/mol. The van der Waals surface area contributed by atoms with E-state index in [9.17, 15) is 8.42 Å². The second-order valence-corrected chi connectivity index (χ2v) is 6.51. The van der Waals surface area contributed by atoms with Gasteiger partial charge in [-0.25, -0.2) is 13.1 Å². The first-order chi connectivity index (χ1) is 9.97. The Bertz CT molecular complexity index is 709. The highest BCUT2D eigenvalue weighted by Crippen LogP contribution is 2.25. The van der Waals surface area contributed by atoms with Gasteiger partial charge in [0.2, 0.25) is 10.0 Å². The smallest absolute Gasteiger partial charge is 0.241 e. The predicted molar refractivity (Wildman–Crippen MR) is 82.2 cm³/mol. The number of nitrogens with one attached hydrogen (secondary N) is 2. The summed E-state index contributed by atoms with van der Waals surface area (Å²) < 4.78 is 27.6. The van der Waals surface area contributed by atoms with Crippen LogP contribution >= 0.6 is 0 Å². The van der Waals surface area contributed by atoms with E-state index >= 15 is 0 Å². The molecule has 0 amide bonds. The van der Waals surface area contributed by atoms with Crippen molar-refractivity contribution in [3.8, 4) is 0 Å². The van der Waals surface area contributed by atoms with Gasteiger partial charge >= 0.3 is 0 Å². The molecule has 2 aromatic rings. The van der Waals surface area contributed by atoms with E-state index in [1.54, 1.807) is 18.3 Å². The van der Waals surface area contributed by atoms with E-state index < -0.39 is 10.0 Å². The first-order valence-electron chi connectivity index (χ1n) is 6.87. The number of nitrogens with two attached hydrogens (primary N) is 1. The zero-order valence-corrected chi connectivity index (χ0v) is 13.0. The predicted octanol–water partition coefficient (Wildman–Crippen LogP) is 1.60. The lowest BCUT2D eigenvalue weighted by atomic mass is 10.1. The second-order valence-electron chi connectivity index (χ2n) is 4.78. The van der Waals surface area contributed by atoms with Crippen molar-refractivity contribution < 1.29 is 8.42 Å². The molecule has 6 nitrogen and oxygen atoms in total. The SMILES string of the molecule is CCc1cc(N)c(CC)c(S(=O)(=O)NCc2ccn[nH]2)c1. The molecule has 0 bridgehead atoms. The van der Waals surface area contributed by atoms with Crippen LogP contribution in [0.15, 0.2) is 29.3 Å². The van der Waals surface area contributed by atoms with Gasteiger partial charge in [0.15, 0.2) is 0 Å². The number of anilines is 1. The van der Waals surface area contributed by atoms with Gasteiger partial charge in [-0.05, 0) is 42.2 Å². The molecule has 1 aromatic carbocycles. The van der Waals surface area contributed by atoms with Crippen molar-refractivity contribution >= 4 is 15.7 Å². The molecule has 0 aliphatic heterocycles. The second kappa shape index (κ2) is 6.28. The quantitative estimate of drug-likeness (QED) is 0.705. The highest BCUT2D eigenvalue weighted by atomic mass is 32.2. The van der Waals surface area contributed by atoms with Crippen molar-refractivity contribution in [2.24, 2.45) is 0 Å². The number of H-pyrrole nitrogens is 1. The van der Waals surface area contributed by atoms with Crippen molar-refractivity contribution in [2.75, 3.05) is 5.73 Å². The van der Waals surface area contributed by atoms with Crippen molar-refractivity contribution in [1.82, 2.24) is 14.9 Å². The number of aryl methyl sites for hydroxylation is 1. The lowest BCUT2D eigenvalue weighted by molar-refractivity contribution is 0.579. The van der Waals surface area contributed by atoms with Gasteiger partial charge in [-0.15, -0.1) is 0 Å². The minimum Gasteiger partial charge on any atom is -0.398 e. The number of nitrogen functional groups attached to an aromatic ring is 1. The summed E-state index contributed by atoms with van der Waals surface area (Å²) in [5, 5.41) is 6.51. The van der Waals surface area contributed by atoms with Crippen molar-refractivity contribution in [1.29, 1.82) is 0 Å². The van der Waals surface area contributed by atoms with Gasteiger partial charge in [-0.1, -0.05) is 13.8 Å². The van der Waals surface area contributed by atoms with Crippen LogP contribution < -0.4 is 10.5 Å². The monoisotopic (exact) mass is 308 g/mol. The number of nitrogens with zero attached hydrogens (tertiary/aromatic N) is 1. The van der Waals surface area contributed by atoms with Crippen LogP contribution in [0.5, 0.6) is 0 Å². The van der Waals surface area contributed by atoms with Gasteiger partial charge in [0, 0.05) is 11.9 Å². The number of aromatic nitrogens is 2. The molecule has 0 spiro atoms. The van der Waals surface area contributed by atoms with E-state index in [1.807, 2.05) is 19.9 Å². The third-order valence-corrected chi connectivity index (χ3v) is 4.83. The molecule has 0 atom stereocenters. The molecule has 1 heterocycles. The molecular weight excluding hydrogens is 288 g/mol. The number of hydrogen-bond donors (Lipinski definition) is 3. The number of rotatable bonds is 6. The fraction of sp³-hybridized carbons (Fsp3) is 0.357. The molecule has 2 rings (SSSR count). The zero-order chi connectivity index (χ0) is 15.5. The van der Waals surface area contributed by atoms with Crippen molar-refractivity contribution in [3.05, 3.63) is 41.2 Å². The molecule has 0 saturated carbocycles. The van der Waals surface area contributed by atoms with Gasteiger partial charge in [-0.3, -0.25) is 5.10 Å². The van der Waals surface area contributed by atoms with Gasteiger partial charge in [0.05, 0.1) is 17.1 Å². The summed E-state index contributed by atoms with van der Waals surface area (Å²) in [6.07, 6.45) is 2.88. The number of aromatic amines is 1. The first-order valence-corrected chi connectivity index (χ1v) is 8.35. The molecular formula is C14H20N4O2S. The first kappa shape index (κ1) is 15.5. The number of benzene rings is 1. The Kier molecular flexibility index (Phi) is 4.64. The minimum absolute atomic E-state index is 0.168. The van der Waals surface area contributed by atoms with Gasteiger partial charge in [0.1, 0.15) is 0 Å². The Balaban J connectivity index is 2.36. The van der Waals surface area contributed by atoms with E-state index in [-0.39, 0.29) is 11.4 Å². The van der Waals surface area contributed by atoms with Crippen LogP contribution in [0.3, 0.4) is 0 Å². The van der Waals surface area contributed by atoms with Gasteiger partial charge < -0.3 is 5.73 Å². The Morgan fingerprint density at radius 2 is 2.05 bits per heavy atom. The topological polar surface area (TPSA) is 101 Å². The molecule has 114 valence electrons. The van der Waals surface area contributed by atoms with E-state index in [0.29, 0.717) is 23.4 Å². The van der Waals surface area contributed by atoms with Crippen LogP contribution in [-0.2, 0) is 29.4 Å². The van der Waals surface area contributed by atoms with Crippen molar-refractivity contribution in [3.63, 3.8) is 0 Å². The summed E-state index contributed by atoms with van der Waals surface area (Å²) in [4.78, 5) is 0.265. The van der Waals surface area contributed by atoms with Crippen LogP contribution in [0.2, 0.25) is 0 Å². The summed E-state index contributed by atoms with van der Waals surface area (Å²) in [5.41, 5.74) is 8.78. The minimum atomic E-state index is -3.61. The summed E-state index contributed by atoms with van der Waals surface area (Å²) >= 11 is 0. The zero-order valence-electron chi connectivity index (χ0n) is 12.2. The maximum Gasteiger partial charge on any atom is 0.241 e. The summed E-state index contributed by atoms with van der Waals surface area (Å²) in [7, 11) is -3.61. The summed E-state index contributed by atoms with van der Waals surface area (Å²) in [6, 6.07) is 5.26. The molecule has 0 radical (unpaired) electrons. The molecule has 4 N–H and O–H groups in total. The molecule has 1 aromatic heterocycles. The third-order valence-electron chi connectivity index (χ3n) is 3.37. The summed E-state index contributed by atoms with van der Waals surface area (Å²) in [6.45, 7) is 4.03. The maximum atomic E-state index is 12.5. The van der Waals surface area contributed by atoms with Gasteiger partial charge in [-0.2, -0.15) is 5.10 Å². The van der Waals surface area contributed by atoms with E-state index in [0.717, 1.165) is 12.0 Å². The fourth-order valence-corrected chi connectivity index (χ4v) is 3.58. The van der Waals surface area contributed by atoms with E-state index in [4.69, 9.17) is 5.73 Å². The maximum absolute atomic E-state index is 12.5. The van der Waals surface area contributed by atoms with Crippen LogP contribution in [0, 0.1) is 0 Å².